The Bertz CT molecular complexity index is 1230. The number of carboxylic acids is 2. The average molecular weight is 488 g/mol. The number of aliphatic carboxylic acids is 1. The monoisotopic (exact) mass is 487 g/mol. The lowest BCUT2D eigenvalue weighted by Crippen LogP contribution is -2.59. The second kappa shape index (κ2) is 8.01. The zero-order valence-corrected chi connectivity index (χ0v) is 19.5. The maximum Gasteiger partial charge on any atom is 0.335 e. The standard InChI is InChI=1S/C24H26ClN3O6/c1-34-18-3-2-15(22(32)33)5-16(18)27-17-11-26-28(21(31)20(17)25)24-8-13-4-14(9-24)7-23(6-13,12-24)10-19(29)30/h2-3,5,11,13-14,27H,4,6-10,12H2,1H3,(H,29,30)(H,32,33)/t13-,14-,23?,24?/m0/s1. The fourth-order valence-electron chi connectivity index (χ4n) is 7.12. The van der Waals surface area contributed by atoms with Crippen molar-refractivity contribution in [1.82, 2.24) is 9.78 Å². The van der Waals surface area contributed by atoms with E-state index in [0.29, 0.717) is 29.7 Å². The zero-order valence-electron chi connectivity index (χ0n) is 18.7. The van der Waals surface area contributed by atoms with Crippen molar-refractivity contribution in [2.45, 2.75) is 50.5 Å². The van der Waals surface area contributed by atoms with Crippen molar-refractivity contribution in [1.29, 1.82) is 0 Å². The Morgan fingerprint density at radius 2 is 1.91 bits per heavy atom. The summed E-state index contributed by atoms with van der Waals surface area (Å²) in [6.07, 6.45) is 6.65. The molecule has 2 aromatic rings. The minimum atomic E-state index is -1.09. The Kier molecular flexibility index (Phi) is 5.35. The molecule has 2 atom stereocenters. The number of nitrogens with zero attached hydrogens (tertiary/aromatic N) is 2. The molecule has 10 heteroatoms. The minimum absolute atomic E-state index is 0.0537. The Hall–Kier alpha value is -3.07. The largest absolute Gasteiger partial charge is 0.495 e. The van der Waals surface area contributed by atoms with E-state index in [-0.39, 0.29) is 28.1 Å². The number of anilines is 2. The molecule has 4 saturated carbocycles. The lowest BCUT2D eigenvalue weighted by atomic mass is 9.46. The molecule has 0 saturated heterocycles. The highest BCUT2D eigenvalue weighted by Crippen LogP contribution is 2.65. The van der Waals surface area contributed by atoms with Gasteiger partial charge in [0.25, 0.3) is 5.56 Å². The van der Waals surface area contributed by atoms with E-state index < -0.39 is 23.0 Å². The molecule has 4 aliphatic carbocycles. The lowest BCUT2D eigenvalue weighted by Gasteiger charge is -2.61. The van der Waals surface area contributed by atoms with Crippen LogP contribution in [0.3, 0.4) is 0 Å². The third-order valence-corrected chi connectivity index (χ3v) is 8.13. The Morgan fingerprint density at radius 1 is 1.21 bits per heavy atom. The number of halogens is 1. The third kappa shape index (κ3) is 3.72. The van der Waals surface area contributed by atoms with Gasteiger partial charge in [0.15, 0.2) is 0 Å². The molecule has 1 heterocycles. The first-order valence-corrected chi connectivity index (χ1v) is 11.7. The first kappa shape index (κ1) is 22.7. The summed E-state index contributed by atoms with van der Waals surface area (Å²) in [5.74, 6) is -0.736. The van der Waals surface area contributed by atoms with Crippen LogP contribution in [0.15, 0.2) is 29.2 Å². The summed E-state index contributed by atoms with van der Waals surface area (Å²) in [6, 6.07) is 4.34. The molecular formula is C24H26ClN3O6. The van der Waals surface area contributed by atoms with Crippen molar-refractivity contribution in [3.05, 3.63) is 45.3 Å². The van der Waals surface area contributed by atoms with Crippen molar-refractivity contribution in [2.24, 2.45) is 17.3 Å². The van der Waals surface area contributed by atoms with Gasteiger partial charge in [-0.05, 0) is 74.0 Å². The second-order valence-electron chi connectivity index (χ2n) is 10.2. The van der Waals surface area contributed by atoms with Gasteiger partial charge in [0, 0.05) is 0 Å². The van der Waals surface area contributed by atoms with Crippen molar-refractivity contribution in [3.63, 3.8) is 0 Å². The Morgan fingerprint density at radius 3 is 2.53 bits per heavy atom. The molecule has 4 fully saturated rings. The van der Waals surface area contributed by atoms with E-state index in [1.165, 1.54) is 36.2 Å². The Balaban J connectivity index is 1.50. The minimum Gasteiger partial charge on any atom is -0.495 e. The van der Waals surface area contributed by atoms with Crippen LogP contribution in [-0.4, -0.2) is 39.0 Å². The summed E-state index contributed by atoms with van der Waals surface area (Å²) in [5, 5.41) is 26.3. The van der Waals surface area contributed by atoms with Crippen LogP contribution >= 0.6 is 11.6 Å². The van der Waals surface area contributed by atoms with Crippen LogP contribution in [0.2, 0.25) is 5.02 Å². The van der Waals surface area contributed by atoms with Gasteiger partial charge < -0.3 is 20.3 Å². The van der Waals surface area contributed by atoms with Crippen LogP contribution in [0.1, 0.15) is 55.3 Å². The molecule has 0 radical (unpaired) electrons. The predicted molar refractivity (Wildman–Crippen MR) is 124 cm³/mol. The zero-order chi connectivity index (χ0) is 24.3. The van der Waals surface area contributed by atoms with Gasteiger partial charge in [-0.1, -0.05) is 11.6 Å². The van der Waals surface area contributed by atoms with Crippen LogP contribution in [0.4, 0.5) is 11.4 Å². The van der Waals surface area contributed by atoms with Crippen LogP contribution < -0.4 is 15.6 Å². The van der Waals surface area contributed by atoms with E-state index in [9.17, 15) is 24.6 Å². The molecule has 4 aliphatic rings. The van der Waals surface area contributed by atoms with Crippen LogP contribution in [0, 0.1) is 17.3 Å². The number of rotatable bonds is 7. The molecule has 3 N–H and O–H groups in total. The number of ether oxygens (including phenoxy) is 1. The number of nitrogens with one attached hydrogen (secondary N) is 1. The molecular weight excluding hydrogens is 462 g/mol. The first-order valence-electron chi connectivity index (χ1n) is 11.3. The van der Waals surface area contributed by atoms with Gasteiger partial charge in [0.2, 0.25) is 0 Å². The number of hydrogen-bond acceptors (Lipinski definition) is 6. The SMILES string of the molecule is COc1ccc(C(=O)O)cc1Nc1cnn(C23C[C@H]4C[C@@H](CC(CC(=O)O)(C4)C2)C3)c(=O)c1Cl. The van der Waals surface area contributed by atoms with Gasteiger partial charge in [-0.15, -0.1) is 0 Å². The molecule has 34 heavy (non-hydrogen) atoms. The molecule has 0 spiro atoms. The second-order valence-corrected chi connectivity index (χ2v) is 10.6. The van der Waals surface area contributed by atoms with E-state index in [1.807, 2.05) is 0 Å². The van der Waals surface area contributed by atoms with E-state index in [2.05, 4.69) is 10.4 Å². The lowest BCUT2D eigenvalue weighted by molar-refractivity contribution is -0.151. The fourth-order valence-corrected chi connectivity index (χ4v) is 7.30. The summed E-state index contributed by atoms with van der Waals surface area (Å²) >= 11 is 6.52. The van der Waals surface area contributed by atoms with Crippen LogP contribution in [-0.2, 0) is 10.3 Å². The molecule has 1 aromatic heterocycles. The van der Waals surface area contributed by atoms with Crippen molar-refractivity contribution >= 4 is 34.9 Å². The van der Waals surface area contributed by atoms with E-state index in [4.69, 9.17) is 16.3 Å². The quantitative estimate of drug-likeness (QED) is 0.531. The average Bonchev–Trinajstić information content (AvgIpc) is 2.74. The van der Waals surface area contributed by atoms with Gasteiger partial charge in [0.1, 0.15) is 10.8 Å². The molecule has 1 aromatic carbocycles. The highest BCUT2D eigenvalue weighted by molar-refractivity contribution is 6.33. The number of carbonyl (C=O) groups is 2. The maximum atomic E-state index is 13.4. The smallest absolute Gasteiger partial charge is 0.335 e. The number of benzene rings is 1. The molecule has 0 unspecified atom stereocenters. The van der Waals surface area contributed by atoms with E-state index in [0.717, 1.165) is 32.1 Å². The molecule has 9 nitrogen and oxygen atoms in total. The van der Waals surface area contributed by atoms with Gasteiger partial charge in [0.05, 0.1) is 42.2 Å². The van der Waals surface area contributed by atoms with Gasteiger partial charge in [-0.25, -0.2) is 9.48 Å². The summed E-state index contributed by atoms with van der Waals surface area (Å²) in [4.78, 5) is 36.4. The highest BCUT2D eigenvalue weighted by Gasteiger charge is 2.59. The van der Waals surface area contributed by atoms with E-state index >= 15 is 0 Å². The van der Waals surface area contributed by atoms with Crippen molar-refractivity contribution in [2.75, 3.05) is 12.4 Å². The fraction of sp³-hybridized carbons (Fsp3) is 0.500. The van der Waals surface area contributed by atoms with Crippen LogP contribution in [0.5, 0.6) is 5.75 Å². The van der Waals surface area contributed by atoms with Gasteiger partial charge in [-0.3, -0.25) is 9.59 Å². The summed E-state index contributed by atoms with van der Waals surface area (Å²) < 4.78 is 6.79. The summed E-state index contributed by atoms with van der Waals surface area (Å²) in [6.45, 7) is 0. The summed E-state index contributed by atoms with van der Waals surface area (Å²) in [7, 11) is 1.46. The number of methoxy groups -OCH3 is 1. The first-order chi connectivity index (χ1) is 16.1. The van der Waals surface area contributed by atoms with Gasteiger partial charge in [-0.2, -0.15) is 5.10 Å². The number of hydrogen-bond donors (Lipinski definition) is 3. The van der Waals surface area contributed by atoms with Gasteiger partial charge >= 0.3 is 11.9 Å². The normalized spacial score (nSPS) is 29.1. The Labute approximate surface area is 200 Å². The summed E-state index contributed by atoms with van der Waals surface area (Å²) in [5.41, 5.74) is -0.622. The number of aromatic carboxylic acids is 1. The van der Waals surface area contributed by atoms with E-state index in [1.54, 1.807) is 0 Å². The predicted octanol–water partition coefficient (Wildman–Crippen LogP) is 4.12. The molecule has 0 amide bonds. The molecule has 6 rings (SSSR count). The third-order valence-electron chi connectivity index (χ3n) is 7.76. The maximum absolute atomic E-state index is 13.4. The van der Waals surface area contributed by atoms with Crippen LogP contribution in [0.25, 0.3) is 0 Å². The number of carboxylic acid groups (broad SMARTS) is 2. The highest BCUT2D eigenvalue weighted by atomic mass is 35.5. The molecule has 4 bridgehead atoms. The topological polar surface area (TPSA) is 131 Å². The molecule has 180 valence electrons. The number of aromatic nitrogens is 2. The van der Waals surface area contributed by atoms with Crippen molar-refractivity contribution < 1.29 is 24.5 Å². The van der Waals surface area contributed by atoms with Crippen molar-refractivity contribution in [3.8, 4) is 5.75 Å². The molecule has 0 aliphatic heterocycles.